The highest BCUT2D eigenvalue weighted by Gasteiger charge is 2.12. The number of halogens is 1. The predicted octanol–water partition coefficient (Wildman–Crippen LogP) is 2.61. The van der Waals surface area contributed by atoms with Gasteiger partial charge in [-0.15, -0.1) is 0 Å². The van der Waals surface area contributed by atoms with Crippen molar-refractivity contribution < 1.29 is 4.74 Å². The van der Waals surface area contributed by atoms with Crippen molar-refractivity contribution in [2.24, 2.45) is 0 Å². The van der Waals surface area contributed by atoms with Gasteiger partial charge in [-0.25, -0.2) is 0 Å². The minimum absolute atomic E-state index is 0.359. The molecule has 0 radical (unpaired) electrons. The lowest BCUT2D eigenvalue weighted by atomic mass is 10.1. The Morgan fingerprint density at radius 3 is 3.13 bits per heavy atom. The zero-order chi connectivity index (χ0) is 10.5. The van der Waals surface area contributed by atoms with Crippen LogP contribution >= 0.6 is 11.6 Å². The van der Waals surface area contributed by atoms with Gasteiger partial charge in [0.15, 0.2) is 0 Å². The fraction of sp³-hybridized carbons (Fsp3) is 0.500. The summed E-state index contributed by atoms with van der Waals surface area (Å²) in [6.07, 6.45) is 2.73. The van der Waals surface area contributed by atoms with E-state index in [1.165, 1.54) is 6.42 Å². The Balaban J connectivity index is 1.81. The standard InChI is InChI=1S/C12H16ClNO/c13-11-4-1-3-10(7-11)9-15-12-5-2-6-14-8-12/h1,3-4,7,12,14H,2,5-6,8-9H2. The summed E-state index contributed by atoms with van der Waals surface area (Å²) < 4.78 is 5.80. The number of piperidine rings is 1. The van der Waals surface area contributed by atoms with Crippen molar-refractivity contribution in [3.8, 4) is 0 Å². The van der Waals surface area contributed by atoms with E-state index in [9.17, 15) is 0 Å². The van der Waals surface area contributed by atoms with Crippen LogP contribution in [0.3, 0.4) is 0 Å². The molecule has 1 aliphatic heterocycles. The quantitative estimate of drug-likeness (QED) is 0.854. The van der Waals surface area contributed by atoms with Gasteiger partial charge < -0.3 is 10.1 Å². The Morgan fingerprint density at radius 1 is 1.47 bits per heavy atom. The molecule has 1 aliphatic rings. The van der Waals surface area contributed by atoms with Crippen LogP contribution in [0.1, 0.15) is 18.4 Å². The molecule has 0 spiro atoms. The lowest BCUT2D eigenvalue weighted by Crippen LogP contribution is -2.35. The van der Waals surface area contributed by atoms with E-state index in [4.69, 9.17) is 16.3 Å². The number of ether oxygens (including phenoxy) is 1. The summed E-state index contributed by atoms with van der Waals surface area (Å²) in [5.41, 5.74) is 1.15. The molecule has 1 atom stereocenters. The van der Waals surface area contributed by atoms with E-state index in [0.29, 0.717) is 12.7 Å². The van der Waals surface area contributed by atoms with Crippen LogP contribution in [0.5, 0.6) is 0 Å². The molecule has 0 amide bonds. The first kappa shape index (κ1) is 10.9. The van der Waals surface area contributed by atoms with E-state index >= 15 is 0 Å². The van der Waals surface area contributed by atoms with Crippen LogP contribution in [-0.4, -0.2) is 19.2 Å². The first-order valence-electron chi connectivity index (χ1n) is 5.41. The lowest BCUT2D eigenvalue weighted by molar-refractivity contribution is 0.0253. The molecular weight excluding hydrogens is 210 g/mol. The van der Waals surface area contributed by atoms with Crippen molar-refractivity contribution in [2.75, 3.05) is 13.1 Å². The monoisotopic (exact) mass is 225 g/mol. The number of benzene rings is 1. The molecule has 1 N–H and O–H groups in total. The molecule has 15 heavy (non-hydrogen) atoms. The maximum absolute atomic E-state index is 5.90. The molecule has 1 unspecified atom stereocenters. The van der Waals surface area contributed by atoms with Gasteiger partial charge in [0.1, 0.15) is 0 Å². The largest absolute Gasteiger partial charge is 0.372 e. The Morgan fingerprint density at radius 2 is 2.40 bits per heavy atom. The third kappa shape index (κ3) is 3.49. The molecular formula is C12H16ClNO. The van der Waals surface area contributed by atoms with E-state index in [1.807, 2.05) is 24.3 Å². The molecule has 1 aromatic rings. The van der Waals surface area contributed by atoms with Crippen molar-refractivity contribution in [3.63, 3.8) is 0 Å². The van der Waals surface area contributed by atoms with Crippen LogP contribution in [0.15, 0.2) is 24.3 Å². The number of hydrogen-bond donors (Lipinski definition) is 1. The number of nitrogens with one attached hydrogen (secondary N) is 1. The van der Waals surface area contributed by atoms with Gasteiger partial charge in [0.05, 0.1) is 12.7 Å². The molecule has 0 aliphatic carbocycles. The van der Waals surface area contributed by atoms with Gasteiger partial charge in [-0.3, -0.25) is 0 Å². The van der Waals surface area contributed by atoms with Crippen molar-refractivity contribution in [1.29, 1.82) is 0 Å². The van der Waals surface area contributed by atoms with Gasteiger partial charge in [-0.1, -0.05) is 23.7 Å². The highest BCUT2D eigenvalue weighted by Crippen LogP contribution is 2.14. The summed E-state index contributed by atoms with van der Waals surface area (Å²) in [6.45, 7) is 2.75. The van der Waals surface area contributed by atoms with E-state index in [2.05, 4.69) is 5.32 Å². The molecule has 0 aromatic heterocycles. The molecule has 0 bridgehead atoms. The van der Waals surface area contributed by atoms with Crippen molar-refractivity contribution in [1.82, 2.24) is 5.32 Å². The molecule has 2 nitrogen and oxygen atoms in total. The molecule has 3 heteroatoms. The van der Waals surface area contributed by atoms with Crippen LogP contribution < -0.4 is 5.32 Å². The van der Waals surface area contributed by atoms with Crippen molar-refractivity contribution in [2.45, 2.75) is 25.6 Å². The molecule has 2 rings (SSSR count). The second kappa shape index (κ2) is 5.50. The van der Waals surface area contributed by atoms with Gasteiger partial charge in [-0.05, 0) is 37.1 Å². The lowest BCUT2D eigenvalue weighted by Gasteiger charge is -2.23. The van der Waals surface area contributed by atoms with E-state index in [0.717, 1.165) is 30.1 Å². The first-order valence-corrected chi connectivity index (χ1v) is 5.79. The Kier molecular flexibility index (Phi) is 4.01. The summed E-state index contributed by atoms with van der Waals surface area (Å²) in [5.74, 6) is 0. The second-order valence-corrected chi connectivity index (χ2v) is 4.35. The zero-order valence-corrected chi connectivity index (χ0v) is 9.46. The number of rotatable bonds is 3. The third-order valence-electron chi connectivity index (χ3n) is 2.63. The highest BCUT2D eigenvalue weighted by molar-refractivity contribution is 6.30. The minimum atomic E-state index is 0.359. The summed E-state index contributed by atoms with van der Waals surface area (Å²) >= 11 is 5.90. The average Bonchev–Trinajstić information content (AvgIpc) is 2.28. The van der Waals surface area contributed by atoms with Crippen LogP contribution in [0.4, 0.5) is 0 Å². The molecule has 1 fully saturated rings. The molecule has 1 saturated heterocycles. The Hall–Kier alpha value is -0.570. The zero-order valence-electron chi connectivity index (χ0n) is 8.71. The van der Waals surface area contributed by atoms with Crippen LogP contribution in [0.25, 0.3) is 0 Å². The second-order valence-electron chi connectivity index (χ2n) is 3.91. The summed E-state index contributed by atoms with van der Waals surface area (Å²) in [5, 5.41) is 4.11. The molecule has 82 valence electrons. The van der Waals surface area contributed by atoms with Crippen LogP contribution in [0.2, 0.25) is 5.02 Å². The fourth-order valence-corrected chi connectivity index (χ4v) is 2.02. The Bertz CT molecular complexity index is 310. The third-order valence-corrected chi connectivity index (χ3v) is 2.86. The maximum atomic E-state index is 5.90. The highest BCUT2D eigenvalue weighted by atomic mass is 35.5. The van der Waals surface area contributed by atoms with Crippen LogP contribution in [-0.2, 0) is 11.3 Å². The predicted molar refractivity (Wildman–Crippen MR) is 62.1 cm³/mol. The molecule has 1 heterocycles. The van der Waals surface area contributed by atoms with Gasteiger partial charge in [0.2, 0.25) is 0 Å². The topological polar surface area (TPSA) is 21.3 Å². The average molecular weight is 226 g/mol. The van der Waals surface area contributed by atoms with E-state index in [1.54, 1.807) is 0 Å². The summed E-state index contributed by atoms with van der Waals surface area (Å²) in [4.78, 5) is 0. The summed E-state index contributed by atoms with van der Waals surface area (Å²) in [7, 11) is 0. The first-order chi connectivity index (χ1) is 7.34. The van der Waals surface area contributed by atoms with Gasteiger partial charge >= 0.3 is 0 Å². The SMILES string of the molecule is Clc1cccc(COC2CCCNC2)c1. The number of hydrogen-bond acceptors (Lipinski definition) is 2. The summed E-state index contributed by atoms with van der Waals surface area (Å²) in [6, 6.07) is 7.84. The van der Waals surface area contributed by atoms with Crippen molar-refractivity contribution >= 4 is 11.6 Å². The fourth-order valence-electron chi connectivity index (χ4n) is 1.80. The smallest absolute Gasteiger partial charge is 0.0721 e. The molecule has 0 saturated carbocycles. The van der Waals surface area contributed by atoms with E-state index in [-0.39, 0.29) is 0 Å². The van der Waals surface area contributed by atoms with Gasteiger partial charge in [0.25, 0.3) is 0 Å². The van der Waals surface area contributed by atoms with E-state index < -0.39 is 0 Å². The minimum Gasteiger partial charge on any atom is -0.372 e. The van der Waals surface area contributed by atoms with Gasteiger partial charge in [0, 0.05) is 11.6 Å². The Labute approximate surface area is 95.6 Å². The van der Waals surface area contributed by atoms with Crippen LogP contribution in [0, 0.1) is 0 Å². The maximum Gasteiger partial charge on any atom is 0.0721 e. The van der Waals surface area contributed by atoms with Gasteiger partial charge in [-0.2, -0.15) is 0 Å². The van der Waals surface area contributed by atoms with Crippen molar-refractivity contribution in [3.05, 3.63) is 34.9 Å². The normalized spacial score (nSPS) is 21.5. The molecule has 1 aromatic carbocycles.